The average molecular weight is 324 g/mol. The van der Waals surface area contributed by atoms with E-state index in [9.17, 15) is 0 Å². The van der Waals surface area contributed by atoms with Gasteiger partial charge in [-0.2, -0.15) is 19.5 Å². The van der Waals surface area contributed by atoms with Crippen LogP contribution in [0.4, 0.5) is 11.9 Å². The van der Waals surface area contributed by atoms with Crippen molar-refractivity contribution in [2.75, 3.05) is 36.8 Å². The van der Waals surface area contributed by atoms with Gasteiger partial charge in [0.2, 0.25) is 17.7 Å². The monoisotopic (exact) mass is 324 g/mol. The normalized spacial score (nSPS) is 17.4. The molecule has 0 aliphatic carbocycles. The number of hydrogen-bond acceptors (Lipinski definition) is 8. The van der Waals surface area contributed by atoms with Crippen molar-refractivity contribution in [2.24, 2.45) is 0 Å². The molecule has 24 heavy (non-hydrogen) atoms. The number of fused-ring (bicyclic) bond motifs is 2. The van der Waals surface area contributed by atoms with Gasteiger partial charge in [0.05, 0.1) is 12.8 Å². The van der Waals surface area contributed by atoms with Gasteiger partial charge in [0, 0.05) is 25.3 Å². The lowest BCUT2D eigenvalue weighted by Gasteiger charge is -2.35. The van der Waals surface area contributed by atoms with E-state index in [1.807, 2.05) is 0 Å². The van der Waals surface area contributed by atoms with Gasteiger partial charge in [0.25, 0.3) is 5.78 Å². The number of nitrogen functional groups attached to an aromatic ring is 1. The molecule has 0 amide bonds. The molecule has 0 radical (unpaired) electrons. The van der Waals surface area contributed by atoms with Crippen molar-refractivity contribution in [1.82, 2.24) is 29.5 Å². The maximum absolute atomic E-state index is 6.06. The molecule has 0 unspecified atom stereocenters. The van der Waals surface area contributed by atoms with E-state index < -0.39 is 0 Å². The molecule has 0 atom stereocenters. The molecule has 0 bridgehead atoms. The van der Waals surface area contributed by atoms with Gasteiger partial charge in [0.15, 0.2) is 5.76 Å². The summed E-state index contributed by atoms with van der Waals surface area (Å²) in [5.41, 5.74) is 7.40. The average Bonchev–Trinajstić information content (AvgIpc) is 3.32. The van der Waals surface area contributed by atoms with Gasteiger partial charge in [-0.15, -0.1) is 5.10 Å². The molecule has 122 valence electrons. The standard InChI is InChI=1S/C15H16N8O/c16-13-18-14(22-7-6-21-5-1-3-10(21)9-22)19-15-17-12(20-23(13)15)11-4-2-8-24-11/h2-4,8H,1,5-7,9H2,(H2,16,17,18,19,20). The zero-order chi connectivity index (χ0) is 16.1. The summed E-state index contributed by atoms with van der Waals surface area (Å²) in [5.74, 6) is 2.30. The van der Waals surface area contributed by atoms with Gasteiger partial charge in [-0.3, -0.25) is 0 Å². The molecule has 0 saturated carbocycles. The van der Waals surface area contributed by atoms with Crippen LogP contribution in [0, 0.1) is 0 Å². The first-order valence-corrected chi connectivity index (χ1v) is 7.91. The topological polar surface area (TPSA) is 102 Å². The van der Waals surface area contributed by atoms with Crippen molar-refractivity contribution in [3.05, 3.63) is 30.2 Å². The van der Waals surface area contributed by atoms with E-state index >= 15 is 0 Å². The third-order valence-electron chi connectivity index (χ3n) is 4.42. The lowest BCUT2D eigenvalue weighted by Crippen LogP contribution is -2.44. The molecule has 3 aromatic rings. The van der Waals surface area contributed by atoms with Crippen molar-refractivity contribution >= 4 is 17.7 Å². The molecular formula is C15H16N8O. The Morgan fingerprint density at radius 3 is 2.88 bits per heavy atom. The van der Waals surface area contributed by atoms with Crippen LogP contribution in [0.5, 0.6) is 0 Å². The van der Waals surface area contributed by atoms with Crippen LogP contribution in [0.3, 0.4) is 0 Å². The Bertz CT molecular complexity index is 929. The SMILES string of the molecule is Nc1nc(N2CCN3CCC=C3C2)nc2nc(-c3ccco3)nn12. The Kier molecular flexibility index (Phi) is 2.75. The first-order valence-electron chi connectivity index (χ1n) is 7.91. The highest BCUT2D eigenvalue weighted by Crippen LogP contribution is 2.24. The van der Waals surface area contributed by atoms with Crippen LogP contribution in [0.25, 0.3) is 17.4 Å². The first-order chi connectivity index (χ1) is 11.8. The summed E-state index contributed by atoms with van der Waals surface area (Å²) < 4.78 is 6.77. The van der Waals surface area contributed by atoms with E-state index in [0.717, 1.165) is 32.6 Å². The molecule has 2 aliphatic heterocycles. The van der Waals surface area contributed by atoms with Crippen LogP contribution < -0.4 is 10.6 Å². The van der Waals surface area contributed by atoms with Crippen LogP contribution in [0.15, 0.2) is 34.6 Å². The smallest absolute Gasteiger partial charge is 0.259 e. The summed E-state index contributed by atoms with van der Waals surface area (Å²) in [6.45, 7) is 3.76. The van der Waals surface area contributed by atoms with Crippen molar-refractivity contribution in [1.29, 1.82) is 0 Å². The predicted molar refractivity (Wildman–Crippen MR) is 87.2 cm³/mol. The van der Waals surface area contributed by atoms with Gasteiger partial charge in [-0.25, -0.2) is 0 Å². The fraction of sp³-hybridized carbons (Fsp3) is 0.333. The zero-order valence-electron chi connectivity index (χ0n) is 13.0. The predicted octanol–water partition coefficient (Wildman–Crippen LogP) is 0.771. The number of hydrogen-bond donors (Lipinski definition) is 1. The van der Waals surface area contributed by atoms with E-state index in [1.165, 1.54) is 10.2 Å². The quantitative estimate of drug-likeness (QED) is 0.737. The Balaban J connectivity index is 1.53. The molecule has 5 rings (SSSR count). The summed E-state index contributed by atoms with van der Waals surface area (Å²) in [5, 5.41) is 4.32. The molecule has 0 spiro atoms. The van der Waals surface area contributed by atoms with Gasteiger partial charge in [-0.1, -0.05) is 6.08 Å². The lowest BCUT2D eigenvalue weighted by atomic mass is 10.3. The number of anilines is 2. The van der Waals surface area contributed by atoms with Crippen molar-refractivity contribution < 1.29 is 4.42 Å². The molecule has 9 nitrogen and oxygen atoms in total. The van der Waals surface area contributed by atoms with Crippen molar-refractivity contribution in [2.45, 2.75) is 6.42 Å². The second-order valence-corrected chi connectivity index (χ2v) is 5.90. The minimum absolute atomic E-state index is 0.267. The highest BCUT2D eigenvalue weighted by molar-refractivity contribution is 5.53. The summed E-state index contributed by atoms with van der Waals surface area (Å²) in [7, 11) is 0. The number of rotatable bonds is 2. The molecule has 9 heteroatoms. The fourth-order valence-electron chi connectivity index (χ4n) is 3.21. The first kappa shape index (κ1) is 13.3. The van der Waals surface area contributed by atoms with E-state index in [0.29, 0.717) is 23.3 Å². The van der Waals surface area contributed by atoms with Crippen LogP contribution >= 0.6 is 0 Å². The molecule has 1 saturated heterocycles. The Labute approximate surface area is 137 Å². The molecule has 1 fully saturated rings. The van der Waals surface area contributed by atoms with Crippen LogP contribution in [-0.2, 0) is 0 Å². The highest BCUT2D eigenvalue weighted by atomic mass is 16.3. The number of nitrogens with two attached hydrogens (primary N) is 1. The van der Waals surface area contributed by atoms with Gasteiger partial charge in [0.1, 0.15) is 0 Å². The van der Waals surface area contributed by atoms with Crippen LogP contribution in [0.2, 0.25) is 0 Å². The minimum Gasteiger partial charge on any atom is -0.461 e. The van der Waals surface area contributed by atoms with Gasteiger partial charge >= 0.3 is 0 Å². The molecule has 2 N–H and O–H groups in total. The van der Waals surface area contributed by atoms with E-state index in [-0.39, 0.29) is 5.95 Å². The molecule has 3 aromatic heterocycles. The molecule has 2 aliphatic rings. The third kappa shape index (κ3) is 2.01. The minimum atomic E-state index is 0.267. The summed E-state index contributed by atoms with van der Waals surface area (Å²) in [6.07, 6.45) is 4.97. The number of piperazine rings is 1. The second kappa shape index (κ2) is 4.95. The Hall–Kier alpha value is -3.10. The Morgan fingerprint density at radius 1 is 1.08 bits per heavy atom. The lowest BCUT2D eigenvalue weighted by molar-refractivity contribution is 0.347. The van der Waals surface area contributed by atoms with Crippen LogP contribution in [0.1, 0.15) is 6.42 Å². The third-order valence-corrected chi connectivity index (χ3v) is 4.42. The Morgan fingerprint density at radius 2 is 2.00 bits per heavy atom. The number of furan rings is 1. The largest absolute Gasteiger partial charge is 0.461 e. The molecule has 0 aromatic carbocycles. The second-order valence-electron chi connectivity index (χ2n) is 5.90. The maximum Gasteiger partial charge on any atom is 0.259 e. The summed E-state index contributed by atoms with van der Waals surface area (Å²) in [6, 6.07) is 3.58. The summed E-state index contributed by atoms with van der Waals surface area (Å²) in [4.78, 5) is 17.9. The van der Waals surface area contributed by atoms with Crippen molar-refractivity contribution in [3.8, 4) is 11.6 Å². The summed E-state index contributed by atoms with van der Waals surface area (Å²) >= 11 is 0. The maximum atomic E-state index is 6.06. The van der Waals surface area contributed by atoms with E-state index in [2.05, 4.69) is 35.9 Å². The fourth-order valence-corrected chi connectivity index (χ4v) is 3.21. The number of aromatic nitrogens is 5. The van der Waals surface area contributed by atoms with Crippen molar-refractivity contribution in [3.63, 3.8) is 0 Å². The van der Waals surface area contributed by atoms with Gasteiger partial charge < -0.3 is 20.0 Å². The van der Waals surface area contributed by atoms with Crippen LogP contribution in [-0.4, -0.2) is 55.6 Å². The highest BCUT2D eigenvalue weighted by Gasteiger charge is 2.26. The van der Waals surface area contributed by atoms with Gasteiger partial charge in [-0.05, 0) is 18.6 Å². The zero-order valence-corrected chi connectivity index (χ0v) is 13.0. The van der Waals surface area contributed by atoms with E-state index in [1.54, 1.807) is 18.4 Å². The number of nitrogens with zero attached hydrogens (tertiary/aromatic N) is 7. The molecular weight excluding hydrogens is 308 g/mol. The van der Waals surface area contributed by atoms with E-state index in [4.69, 9.17) is 10.2 Å². The molecule has 5 heterocycles.